The molecule has 1 N–H and O–H groups in total. The van der Waals surface area contributed by atoms with Crippen LogP contribution in [0.3, 0.4) is 0 Å². The first-order chi connectivity index (χ1) is 13.9. The number of anilines is 1. The van der Waals surface area contributed by atoms with Crippen LogP contribution >= 0.6 is 0 Å². The predicted molar refractivity (Wildman–Crippen MR) is 111 cm³/mol. The number of halogens is 1. The molecule has 0 unspecified atom stereocenters. The SMILES string of the molecule is CC[C@@H](C(=O)Nc1ccc(F)cc1)n1nc(C)n2c(cc3cc(C)ccc32)c1=O. The Morgan fingerprint density at radius 2 is 1.83 bits per heavy atom. The van der Waals surface area contributed by atoms with Crippen LogP contribution in [0.4, 0.5) is 10.1 Å². The van der Waals surface area contributed by atoms with Gasteiger partial charge < -0.3 is 5.32 Å². The van der Waals surface area contributed by atoms with E-state index < -0.39 is 6.04 Å². The molecule has 0 fully saturated rings. The largest absolute Gasteiger partial charge is 0.324 e. The Morgan fingerprint density at radius 1 is 1.10 bits per heavy atom. The van der Waals surface area contributed by atoms with Crippen molar-refractivity contribution < 1.29 is 9.18 Å². The van der Waals surface area contributed by atoms with Crippen LogP contribution in [0.1, 0.15) is 30.8 Å². The summed E-state index contributed by atoms with van der Waals surface area (Å²) in [4.78, 5) is 26.0. The van der Waals surface area contributed by atoms with E-state index >= 15 is 0 Å². The molecule has 0 aliphatic carbocycles. The lowest BCUT2D eigenvalue weighted by molar-refractivity contribution is -0.119. The molecule has 0 saturated carbocycles. The number of nitrogens with zero attached hydrogens (tertiary/aromatic N) is 3. The molecule has 0 aliphatic rings. The van der Waals surface area contributed by atoms with E-state index in [0.717, 1.165) is 16.5 Å². The van der Waals surface area contributed by atoms with Crippen LogP contribution in [0.2, 0.25) is 0 Å². The summed E-state index contributed by atoms with van der Waals surface area (Å²) in [6.07, 6.45) is 0.384. The molecular formula is C22H21FN4O2. The van der Waals surface area contributed by atoms with Crippen molar-refractivity contribution in [1.82, 2.24) is 14.2 Å². The van der Waals surface area contributed by atoms with Crippen LogP contribution in [-0.4, -0.2) is 20.1 Å². The maximum Gasteiger partial charge on any atom is 0.291 e. The van der Waals surface area contributed by atoms with Gasteiger partial charge in [-0.05, 0) is 62.7 Å². The van der Waals surface area contributed by atoms with Gasteiger partial charge in [0.25, 0.3) is 5.56 Å². The van der Waals surface area contributed by atoms with E-state index in [1.54, 1.807) is 0 Å². The predicted octanol–water partition coefficient (Wildman–Crippen LogP) is 3.99. The molecule has 4 aromatic rings. The Balaban J connectivity index is 1.79. The second-order valence-electron chi connectivity index (χ2n) is 7.14. The van der Waals surface area contributed by atoms with Gasteiger partial charge in [-0.25, -0.2) is 9.07 Å². The Morgan fingerprint density at radius 3 is 2.52 bits per heavy atom. The molecule has 148 valence electrons. The molecule has 0 aliphatic heterocycles. The number of aromatic nitrogens is 3. The van der Waals surface area contributed by atoms with Crippen molar-refractivity contribution in [3.63, 3.8) is 0 Å². The van der Waals surface area contributed by atoms with Crippen LogP contribution in [0, 0.1) is 19.7 Å². The summed E-state index contributed by atoms with van der Waals surface area (Å²) in [7, 11) is 0. The third-order valence-electron chi connectivity index (χ3n) is 5.06. The maximum absolute atomic E-state index is 13.2. The monoisotopic (exact) mass is 392 g/mol. The van der Waals surface area contributed by atoms with Crippen molar-refractivity contribution in [3.05, 3.63) is 76.1 Å². The van der Waals surface area contributed by atoms with Gasteiger partial charge in [-0.3, -0.25) is 14.0 Å². The minimum atomic E-state index is -0.781. The number of aryl methyl sites for hydroxylation is 2. The van der Waals surface area contributed by atoms with E-state index in [4.69, 9.17) is 0 Å². The first-order valence-corrected chi connectivity index (χ1v) is 9.46. The van der Waals surface area contributed by atoms with Crippen LogP contribution in [0.15, 0.2) is 53.3 Å². The smallest absolute Gasteiger partial charge is 0.291 e. The molecule has 0 spiro atoms. The number of hydrogen-bond donors (Lipinski definition) is 1. The maximum atomic E-state index is 13.2. The van der Waals surface area contributed by atoms with Gasteiger partial charge in [0, 0.05) is 11.1 Å². The number of carbonyl (C=O) groups excluding carboxylic acids is 1. The molecule has 2 aromatic carbocycles. The van der Waals surface area contributed by atoms with Gasteiger partial charge in [0.05, 0.1) is 5.52 Å². The summed E-state index contributed by atoms with van der Waals surface area (Å²) in [6, 6.07) is 12.5. The zero-order valence-corrected chi connectivity index (χ0v) is 16.4. The normalized spacial score (nSPS) is 12.4. The van der Waals surface area contributed by atoms with Gasteiger partial charge in [0.15, 0.2) is 0 Å². The number of nitrogens with one attached hydrogen (secondary N) is 1. The lowest BCUT2D eigenvalue weighted by atomic mass is 10.2. The molecule has 29 heavy (non-hydrogen) atoms. The Hall–Kier alpha value is -3.48. The van der Waals surface area contributed by atoms with Gasteiger partial charge in [0.2, 0.25) is 5.91 Å². The fourth-order valence-electron chi connectivity index (χ4n) is 3.64. The minimum absolute atomic E-state index is 0.328. The second kappa shape index (κ2) is 7.16. The Kier molecular flexibility index (Phi) is 4.66. The van der Waals surface area contributed by atoms with Crippen molar-refractivity contribution >= 4 is 28.0 Å². The highest BCUT2D eigenvalue weighted by Gasteiger charge is 2.23. The first-order valence-electron chi connectivity index (χ1n) is 9.46. The Labute approximate surface area is 166 Å². The van der Waals surface area contributed by atoms with Crippen LogP contribution in [-0.2, 0) is 4.79 Å². The molecule has 1 amide bonds. The standard InChI is InChI=1S/C22H21FN4O2/c1-4-18(21(28)24-17-8-6-16(23)7-9-17)27-22(29)20-12-15-11-13(2)5-10-19(15)26(20)14(3)25-27/h5-12,18H,4H2,1-3H3,(H,24,28)/t18-/m0/s1. The molecule has 4 rings (SSSR count). The number of carbonyl (C=O) groups is 1. The van der Waals surface area contributed by atoms with Gasteiger partial charge in [0.1, 0.15) is 23.2 Å². The number of benzene rings is 2. The van der Waals surface area contributed by atoms with Gasteiger partial charge in [-0.1, -0.05) is 18.6 Å². The second-order valence-corrected chi connectivity index (χ2v) is 7.14. The number of rotatable bonds is 4. The molecule has 2 heterocycles. The summed E-state index contributed by atoms with van der Waals surface area (Å²) in [6.45, 7) is 5.63. The quantitative estimate of drug-likeness (QED) is 0.571. The highest BCUT2D eigenvalue weighted by Crippen LogP contribution is 2.22. The Bertz CT molecular complexity index is 1290. The molecule has 1 atom stereocenters. The number of fused-ring (bicyclic) bond motifs is 3. The molecule has 7 heteroatoms. The summed E-state index contributed by atoms with van der Waals surface area (Å²) >= 11 is 0. The zero-order valence-electron chi connectivity index (χ0n) is 16.4. The number of hydrogen-bond acceptors (Lipinski definition) is 3. The van der Waals surface area contributed by atoms with Gasteiger partial charge in [-0.2, -0.15) is 5.10 Å². The summed E-state index contributed by atoms with van der Waals surface area (Å²) in [5, 5.41) is 8.13. The lowest BCUT2D eigenvalue weighted by Gasteiger charge is -2.18. The third kappa shape index (κ3) is 3.29. The molecule has 0 radical (unpaired) electrons. The van der Waals surface area contributed by atoms with Crippen LogP contribution < -0.4 is 10.9 Å². The van der Waals surface area contributed by atoms with Crippen molar-refractivity contribution in [3.8, 4) is 0 Å². The zero-order chi connectivity index (χ0) is 20.7. The summed E-state index contributed by atoms with van der Waals surface area (Å²) in [5.74, 6) is -0.138. The molecule has 0 bridgehead atoms. The minimum Gasteiger partial charge on any atom is -0.324 e. The molecule has 0 saturated heterocycles. The van der Waals surface area contributed by atoms with E-state index in [0.29, 0.717) is 23.4 Å². The average molecular weight is 392 g/mol. The average Bonchev–Trinajstić information content (AvgIpc) is 3.07. The van der Waals surface area contributed by atoms with Crippen molar-refractivity contribution in [2.75, 3.05) is 5.32 Å². The van der Waals surface area contributed by atoms with Gasteiger partial charge >= 0.3 is 0 Å². The van der Waals surface area contributed by atoms with Gasteiger partial charge in [-0.15, -0.1) is 0 Å². The summed E-state index contributed by atoms with van der Waals surface area (Å²) in [5.41, 5.74) is 2.62. The third-order valence-corrected chi connectivity index (χ3v) is 5.06. The van der Waals surface area contributed by atoms with Crippen LogP contribution in [0.5, 0.6) is 0 Å². The highest BCUT2D eigenvalue weighted by atomic mass is 19.1. The molecule has 6 nitrogen and oxygen atoms in total. The van der Waals surface area contributed by atoms with E-state index in [-0.39, 0.29) is 17.3 Å². The molecular weight excluding hydrogens is 371 g/mol. The van der Waals surface area contributed by atoms with Crippen LogP contribution in [0.25, 0.3) is 16.4 Å². The lowest BCUT2D eigenvalue weighted by Crippen LogP contribution is -2.36. The van der Waals surface area contributed by atoms with Crippen molar-refractivity contribution in [1.29, 1.82) is 0 Å². The summed E-state index contributed by atoms with van der Waals surface area (Å²) < 4.78 is 16.2. The highest BCUT2D eigenvalue weighted by molar-refractivity contribution is 5.94. The van der Waals surface area contributed by atoms with E-state index in [2.05, 4.69) is 10.4 Å². The fourth-order valence-corrected chi connectivity index (χ4v) is 3.64. The number of amides is 1. The first kappa shape index (κ1) is 18.9. The fraction of sp³-hybridized carbons (Fsp3) is 0.227. The molecule has 2 aromatic heterocycles. The van der Waals surface area contributed by atoms with Crippen molar-refractivity contribution in [2.45, 2.75) is 33.2 Å². The van der Waals surface area contributed by atoms with E-state index in [9.17, 15) is 14.0 Å². The van der Waals surface area contributed by atoms with Crippen molar-refractivity contribution in [2.24, 2.45) is 0 Å². The topological polar surface area (TPSA) is 68.4 Å². The van der Waals surface area contributed by atoms with E-state index in [1.807, 2.05) is 49.4 Å². The van der Waals surface area contributed by atoms with E-state index in [1.165, 1.54) is 28.9 Å².